The van der Waals surface area contributed by atoms with Crippen molar-refractivity contribution in [2.24, 2.45) is 11.8 Å². The van der Waals surface area contributed by atoms with Crippen molar-refractivity contribution in [3.63, 3.8) is 0 Å². The number of carbonyl (C=O) groups is 1. The summed E-state index contributed by atoms with van der Waals surface area (Å²) in [5.41, 5.74) is 2.08. The molecule has 0 aliphatic carbocycles. The van der Waals surface area contributed by atoms with Crippen molar-refractivity contribution >= 4 is 5.91 Å². The van der Waals surface area contributed by atoms with E-state index in [-0.39, 0.29) is 11.8 Å². The molecule has 0 saturated heterocycles. The second kappa shape index (κ2) is 3.43. The molecule has 8 heavy (non-hydrogen) atoms. The van der Waals surface area contributed by atoms with Crippen LogP contribution in [0.4, 0.5) is 0 Å². The minimum absolute atomic E-state index is 0.0417. The van der Waals surface area contributed by atoms with Gasteiger partial charge in [-0.1, -0.05) is 13.8 Å². The molecule has 1 amide bonds. The number of hydrogen-bond donors (Lipinski definition) is 2. The molecule has 0 spiro atoms. The highest BCUT2D eigenvalue weighted by atomic mass is 16.2. The van der Waals surface area contributed by atoms with Gasteiger partial charge in [0.15, 0.2) is 0 Å². The van der Waals surface area contributed by atoms with Gasteiger partial charge in [-0.3, -0.25) is 10.2 Å². The normalized spacial score (nSPS) is 12.9. The molecule has 0 heterocycles. The third kappa shape index (κ3) is 1.93. The van der Waals surface area contributed by atoms with Crippen molar-refractivity contribution < 1.29 is 4.79 Å². The topological polar surface area (TPSA) is 55.1 Å². The number of hydrazine groups is 1. The molecule has 1 atom stereocenters. The highest BCUT2D eigenvalue weighted by Crippen LogP contribution is 1.97. The lowest BCUT2D eigenvalue weighted by Gasteiger charge is -2.03. The SMILES string of the molecule is CC[C@@H](C)C(=O)NN. The summed E-state index contributed by atoms with van der Waals surface area (Å²) in [5, 5.41) is 0. The lowest BCUT2D eigenvalue weighted by molar-refractivity contribution is -0.124. The Kier molecular flexibility index (Phi) is 3.19. The standard InChI is InChI=1S/C5H12N2O/c1-3-4(2)5(8)7-6/h4H,3,6H2,1-2H3,(H,7,8)/t4-/m1/s1. The Balaban J connectivity index is 3.46. The largest absolute Gasteiger partial charge is 0.294 e. The molecule has 3 N–H and O–H groups in total. The number of hydrogen-bond acceptors (Lipinski definition) is 2. The summed E-state index contributed by atoms with van der Waals surface area (Å²) >= 11 is 0. The molecule has 3 heteroatoms. The number of carbonyl (C=O) groups excluding carboxylic acids is 1. The predicted octanol–water partition coefficient (Wildman–Crippen LogP) is 0.0224. The van der Waals surface area contributed by atoms with Crippen LogP contribution >= 0.6 is 0 Å². The van der Waals surface area contributed by atoms with Gasteiger partial charge < -0.3 is 0 Å². The number of nitrogens with one attached hydrogen (secondary N) is 1. The van der Waals surface area contributed by atoms with E-state index in [4.69, 9.17) is 5.84 Å². The van der Waals surface area contributed by atoms with Gasteiger partial charge in [0.05, 0.1) is 0 Å². The van der Waals surface area contributed by atoms with Crippen LogP contribution in [0, 0.1) is 5.92 Å². The van der Waals surface area contributed by atoms with E-state index in [9.17, 15) is 4.79 Å². The van der Waals surface area contributed by atoms with E-state index in [0.717, 1.165) is 6.42 Å². The van der Waals surface area contributed by atoms with Crippen LogP contribution in [0.15, 0.2) is 0 Å². The van der Waals surface area contributed by atoms with E-state index in [0.29, 0.717) is 0 Å². The highest BCUT2D eigenvalue weighted by Gasteiger charge is 2.06. The first kappa shape index (κ1) is 7.43. The molecule has 48 valence electrons. The van der Waals surface area contributed by atoms with Gasteiger partial charge >= 0.3 is 0 Å². The molecule has 0 aromatic carbocycles. The van der Waals surface area contributed by atoms with Crippen LogP contribution in [0.25, 0.3) is 0 Å². The van der Waals surface area contributed by atoms with E-state index in [1.807, 2.05) is 13.8 Å². The van der Waals surface area contributed by atoms with Crippen LogP contribution in [0.3, 0.4) is 0 Å². The van der Waals surface area contributed by atoms with Gasteiger partial charge in [-0.15, -0.1) is 0 Å². The number of amides is 1. The molecular weight excluding hydrogens is 104 g/mol. The van der Waals surface area contributed by atoms with E-state index >= 15 is 0 Å². The Hall–Kier alpha value is -0.570. The summed E-state index contributed by atoms with van der Waals surface area (Å²) < 4.78 is 0. The van der Waals surface area contributed by atoms with Crippen molar-refractivity contribution in [3.8, 4) is 0 Å². The minimum Gasteiger partial charge on any atom is -0.294 e. The van der Waals surface area contributed by atoms with Gasteiger partial charge in [-0.05, 0) is 6.42 Å². The molecule has 0 aliphatic heterocycles. The summed E-state index contributed by atoms with van der Waals surface area (Å²) in [5.74, 6) is 4.80. The van der Waals surface area contributed by atoms with E-state index in [1.54, 1.807) is 0 Å². The van der Waals surface area contributed by atoms with Crippen LogP contribution < -0.4 is 11.3 Å². The van der Waals surface area contributed by atoms with Crippen LogP contribution in [0.2, 0.25) is 0 Å². The quantitative estimate of drug-likeness (QED) is 0.303. The zero-order valence-electron chi connectivity index (χ0n) is 5.27. The van der Waals surface area contributed by atoms with Crippen LogP contribution in [0.5, 0.6) is 0 Å². The summed E-state index contributed by atoms with van der Waals surface area (Å²) in [6, 6.07) is 0. The van der Waals surface area contributed by atoms with Crippen molar-refractivity contribution in [1.82, 2.24) is 5.43 Å². The van der Waals surface area contributed by atoms with Crippen LogP contribution in [-0.2, 0) is 4.79 Å². The average molecular weight is 116 g/mol. The Morgan fingerprint density at radius 1 is 1.88 bits per heavy atom. The lowest BCUT2D eigenvalue weighted by atomic mass is 10.1. The van der Waals surface area contributed by atoms with Gasteiger partial charge in [-0.2, -0.15) is 0 Å². The van der Waals surface area contributed by atoms with Crippen molar-refractivity contribution in [2.75, 3.05) is 0 Å². The van der Waals surface area contributed by atoms with Crippen LogP contribution in [0.1, 0.15) is 20.3 Å². The van der Waals surface area contributed by atoms with Gasteiger partial charge in [0.2, 0.25) is 5.91 Å². The molecule has 0 aliphatic rings. The van der Waals surface area contributed by atoms with Crippen molar-refractivity contribution in [2.45, 2.75) is 20.3 Å². The van der Waals surface area contributed by atoms with Crippen molar-refractivity contribution in [1.29, 1.82) is 0 Å². The maximum Gasteiger partial charge on any atom is 0.236 e. The Labute approximate surface area is 49.2 Å². The maximum atomic E-state index is 10.5. The van der Waals surface area contributed by atoms with Gasteiger partial charge in [-0.25, -0.2) is 5.84 Å². The maximum absolute atomic E-state index is 10.5. The summed E-state index contributed by atoms with van der Waals surface area (Å²) in [6.45, 7) is 3.78. The number of rotatable bonds is 2. The minimum atomic E-state index is -0.0903. The monoisotopic (exact) mass is 116 g/mol. The first-order valence-corrected chi connectivity index (χ1v) is 2.72. The Morgan fingerprint density at radius 2 is 2.38 bits per heavy atom. The third-order valence-corrected chi connectivity index (χ3v) is 1.20. The van der Waals surface area contributed by atoms with Gasteiger partial charge in [0, 0.05) is 5.92 Å². The molecule has 0 radical (unpaired) electrons. The van der Waals surface area contributed by atoms with Gasteiger partial charge in [0.1, 0.15) is 0 Å². The molecule has 0 aromatic heterocycles. The fourth-order valence-corrected chi connectivity index (χ4v) is 0.328. The molecular formula is C5H12N2O. The van der Waals surface area contributed by atoms with E-state index in [2.05, 4.69) is 5.43 Å². The highest BCUT2D eigenvalue weighted by molar-refractivity contribution is 5.77. The Bertz CT molecular complexity index is 82.5. The zero-order chi connectivity index (χ0) is 6.57. The van der Waals surface area contributed by atoms with Crippen LogP contribution in [-0.4, -0.2) is 5.91 Å². The van der Waals surface area contributed by atoms with Crippen molar-refractivity contribution in [3.05, 3.63) is 0 Å². The predicted molar refractivity (Wildman–Crippen MR) is 31.8 cm³/mol. The first-order valence-electron chi connectivity index (χ1n) is 2.72. The zero-order valence-corrected chi connectivity index (χ0v) is 5.27. The second-order valence-corrected chi connectivity index (χ2v) is 1.82. The molecule has 0 saturated carbocycles. The average Bonchev–Trinajstić information content (AvgIpc) is 1.84. The van der Waals surface area contributed by atoms with E-state index < -0.39 is 0 Å². The molecule has 0 rings (SSSR count). The molecule has 0 unspecified atom stereocenters. The first-order chi connectivity index (χ1) is 3.72. The summed E-state index contributed by atoms with van der Waals surface area (Å²) in [4.78, 5) is 10.5. The third-order valence-electron chi connectivity index (χ3n) is 1.20. The van der Waals surface area contributed by atoms with Gasteiger partial charge in [0.25, 0.3) is 0 Å². The Morgan fingerprint density at radius 3 is 2.50 bits per heavy atom. The lowest BCUT2D eigenvalue weighted by Crippen LogP contribution is -2.34. The van der Waals surface area contributed by atoms with E-state index in [1.165, 1.54) is 0 Å². The molecule has 3 nitrogen and oxygen atoms in total. The summed E-state index contributed by atoms with van der Waals surface area (Å²) in [7, 11) is 0. The molecule has 0 bridgehead atoms. The fourth-order valence-electron chi connectivity index (χ4n) is 0.328. The fraction of sp³-hybridized carbons (Fsp3) is 0.800. The molecule has 0 aromatic rings. The molecule has 0 fully saturated rings. The summed E-state index contributed by atoms with van der Waals surface area (Å²) in [6.07, 6.45) is 0.836. The second-order valence-electron chi connectivity index (χ2n) is 1.82. The number of nitrogens with two attached hydrogens (primary N) is 1. The smallest absolute Gasteiger partial charge is 0.236 e.